The van der Waals surface area contributed by atoms with Crippen molar-refractivity contribution in [2.24, 2.45) is 11.8 Å². The van der Waals surface area contributed by atoms with Crippen LogP contribution >= 0.6 is 0 Å². The number of likely N-dealkylation sites (tertiary alicyclic amines) is 1. The molecule has 4 rings (SSSR count). The van der Waals surface area contributed by atoms with Gasteiger partial charge in [0, 0.05) is 63.3 Å². The van der Waals surface area contributed by atoms with Crippen LogP contribution in [0.3, 0.4) is 0 Å². The second-order valence-electron chi connectivity index (χ2n) is 10.8. The SMILES string of the molecule is CN1CC(C2CCN(C(=O)OC(C)(C)C)CC2)CNCCOc2ccccc2-c2cncc(c2)C1=O. The van der Waals surface area contributed by atoms with E-state index in [0.29, 0.717) is 44.3 Å². The summed E-state index contributed by atoms with van der Waals surface area (Å²) in [6.07, 6.45) is 4.92. The van der Waals surface area contributed by atoms with E-state index in [1.807, 2.05) is 63.1 Å². The minimum atomic E-state index is -0.499. The lowest BCUT2D eigenvalue weighted by Gasteiger charge is -2.38. The first-order chi connectivity index (χ1) is 17.2. The number of rotatable bonds is 1. The summed E-state index contributed by atoms with van der Waals surface area (Å²) in [7, 11) is 1.86. The second-order valence-corrected chi connectivity index (χ2v) is 10.8. The molecule has 36 heavy (non-hydrogen) atoms. The Morgan fingerprint density at radius 2 is 1.83 bits per heavy atom. The van der Waals surface area contributed by atoms with Crippen molar-refractivity contribution < 1.29 is 19.1 Å². The van der Waals surface area contributed by atoms with Gasteiger partial charge < -0.3 is 24.6 Å². The van der Waals surface area contributed by atoms with E-state index in [2.05, 4.69) is 10.3 Å². The van der Waals surface area contributed by atoms with Gasteiger partial charge in [-0.15, -0.1) is 0 Å². The minimum absolute atomic E-state index is 0.0454. The van der Waals surface area contributed by atoms with Crippen LogP contribution in [0.4, 0.5) is 4.79 Å². The van der Waals surface area contributed by atoms with Gasteiger partial charge in [-0.2, -0.15) is 0 Å². The second kappa shape index (κ2) is 11.3. The Labute approximate surface area is 214 Å². The number of nitrogens with zero attached hydrogens (tertiary/aromatic N) is 3. The summed E-state index contributed by atoms with van der Waals surface area (Å²) in [5.41, 5.74) is 1.85. The van der Waals surface area contributed by atoms with Crippen molar-refractivity contribution in [3.8, 4) is 16.9 Å². The Morgan fingerprint density at radius 1 is 1.11 bits per heavy atom. The first kappa shape index (κ1) is 25.9. The molecule has 2 aliphatic heterocycles. The highest BCUT2D eigenvalue weighted by Crippen LogP contribution is 2.31. The number of piperidine rings is 1. The van der Waals surface area contributed by atoms with Gasteiger partial charge in [-0.05, 0) is 57.6 Å². The van der Waals surface area contributed by atoms with E-state index in [1.165, 1.54) is 0 Å². The summed E-state index contributed by atoms with van der Waals surface area (Å²) >= 11 is 0. The van der Waals surface area contributed by atoms with Crippen LogP contribution in [0, 0.1) is 11.8 Å². The third-order valence-corrected chi connectivity index (χ3v) is 6.84. The van der Waals surface area contributed by atoms with Crippen LogP contribution in [0.5, 0.6) is 5.75 Å². The molecule has 0 spiro atoms. The van der Waals surface area contributed by atoms with E-state index in [0.717, 1.165) is 36.3 Å². The van der Waals surface area contributed by atoms with Gasteiger partial charge in [0.25, 0.3) is 5.91 Å². The molecule has 1 atom stereocenters. The Morgan fingerprint density at radius 3 is 2.58 bits per heavy atom. The first-order valence-corrected chi connectivity index (χ1v) is 12.8. The monoisotopic (exact) mass is 494 g/mol. The van der Waals surface area contributed by atoms with Crippen molar-refractivity contribution >= 4 is 12.0 Å². The quantitative estimate of drug-likeness (QED) is 0.644. The fourth-order valence-corrected chi connectivity index (χ4v) is 4.97. The summed E-state index contributed by atoms with van der Waals surface area (Å²) in [5, 5.41) is 3.54. The summed E-state index contributed by atoms with van der Waals surface area (Å²) in [6, 6.07) is 9.74. The number of ether oxygens (including phenoxy) is 2. The molecule has 0 saturated carbocycles. The third kappa shape index (κ3) is 6.55. The molecule has 8 nitrogen and oxygen atoms in total. The molecule has 3 heterocycles. The molecule has 0 aliphatic carbocycles. The zero-order chi connectivity index (χ0) is 25.7. The predicted molar refractivity (Wildman–Crippen MR) is 139 cm³/mol. The number of para-hydroxylation sites is 1. The average molecular weight is 495 g/mol. The highest BCUT2D eigenvalue weighted by molar-refractivity contribution is 5.95. The van der Waals surface area contributed by atoms with Crippen LogP contribution < -0.4 is 10.1 Å². The van der Waals surface area contributed by atoms with Crippen molar-refractivity contribution in [2.75, 3.05) is 46.4 Å². The number of fused-ring (bicyclic) bond motifs is 4. The molecule has 2 aliphatic rings. The van der Waals surface area contributed by atoms with E-state index in [-0.39, 0.29) is 17.9 Å². The summed E-state index contributed by atoms with van der Waals surface area (Å²) in [4.78, 5) is 33.8. The van der Waals surface area contributed by atoms with Crippen LogP contribution in [0.25, 0.3) is 11.1 Å². The number of pyridine rings is 1. The van der Waals surface area contributed by atoms with Crippen molar-refractivity contribution in [2.45, 2.75) is 39.2 Å². The van der Waals surface area contributed by atoms with Gasteiger partial charge >= 0.3 is 6.09 Å². The van der Waals surface area contributed by atoms with Crippen LogP contribution in [0.1, 0.15) is 44.0 Å². The maximum Gasteiger partial charge on any atom is 0.410 e. The lowest BCUT2D eigenvalue weighted by Crippen LogP contribution is -2.46. The van der Waals surface area contributed by atoms with Crippen LogP contribution in [-0.4, -0.2) is 78.8 Å². The molecule has 1 fully saturated rings. The summed E-state index contributed by atoms with van der Waals surface area (Å²) in [5.74, 6) is 1.38. The highest BCUT2D eigenvalue weighted by atomic mass is 16.6. The Kier molecular flexibility index (Phi) is 8.14. The van der Waals surface area contributed by atoms with Crippen molar-refractivity contribution in [1.29, 1.82) is 0 Å². The lowest BCUT2D eigenvalue weighted by atomic mass is 9.83. The largest absolute Gasteiger partial charge is 0.492 e. The molecule has 2 bridgehead atoms. The zero-order valence-corrected chi connectivity index (χ0v) is 21.8. The van der Waals surface area contributed by atoms with E-state index in [1.54, 1.807) is 17.3 Å². The maximum atomic E-state index is 13.4. The maximum absolute atomic E-state index is 13.4. The summed E-state index contributed by atoms with van der Waals surface area (Å²) < 4.78 is 11.6. The number of benzene rings is 1. The zero-order valence-electron chi connectivity index (χ0n) is 21.8. The molecular formula is C28H38N4O4. The summed E-state index contributed by atoms with van der Waals surface area (Å²) in [6.45, 7) is 9.65. The van der Waals surface area contributed by atoms with Gasteiger partial charge in [0.05, 0.1) is 5.56 Å². The van der Waals surface area contributed by atoms with E-state index in [9.17, 15) is 9.59 Å². The highest BCUT2D eigenvalue weighted by Gasteiger charge is 2.32. The number of aromatic nitrogens is 1. The molecule has 0 radical (unpaired) electrons. The fourth-order valence-electron chi connectivity index (χ4n) is 4.97. The van der Waals surface area contributed by atoms with Gasteiger partial charge in [-0.25, -0.2) is 4.79 Å². The van der Waals surface area contributed by atoms with E-state index < -0.39 is 5.60 Å². The lowest BCUT2D eigenvalue weighted by molar-refractivity contribution is 0.0152. The third-order valence-electron chi connectivity index (χ3n) is 6.84. The van der Waals surface area contributed by atoms with Gasteiger partial charge in [0.15, 0.2) is 0 Å². The van der Waals surface area contributed by atoms with Crippen LogP contribution in [0.2, 0.25) is 0 Å². The van der Waals surface area contributed by atoms with Crippen LogP contribution in [-0.2, 0) is 4.74 Å². The van der Waals surface area contributed by atoms with Crippen molar-refractivity contribution in [3.05, 3.63) is 48.3 Å². The number of carbonyl (C=O) groups excluding carboxylic acids is 2. The minimum Gasteiger partial charge on any atom is -0.492 e. The fraction of sp³-hybridized carbons (Fsp3) is 0.536. The number of nitrogens with one attached hydrogen (secondary N) is 1. The number of amides is 2. The number of hydrogen-bond acceptors (Lipinski definition) is 6. The average Bonchev–Trinajstić information content (AvgIpc) is 2.86. The molecule has 8 heteroatoms. The molecule has 2 aromatic rings. The van der Waals surface area contributed by atoms with Gasteiger partial charge in [-0.1, -0.05) is 18.2 Å². The predicted octanol–water partition coefficient (Wildman–Crippen LogP) is 4.07. The van der Waals surface area contributed by atoms with Crippen molar-refractivity contribution in [1.82, 2.24) is 20.1 Å². The van der Waals surface area contributed by atoms with E-state index >= 15 is 0 Å². The molecule has 194 valence electrons. The van der Waals surface area contributed by atoms with Gasteiger partial charge in [0.1, 0.15) is 18.0 Å². The van der Waals surface area contributed by atoms with Gasteiger partial charge in [-0.3, -0.25) is 9.78 Å². The number of carbonyl (C=O) groups is 2. The molecule has 1 saturated heterocycles. The van der Waals surface area contributed by atoms with E-state index in [4.69, 9.17) is 9.47 Å². The molecular weight excluding hydrogens is 456 g/mol. The molecule has 1 aromatic heterocycles. The molecule has 2 amide bonds. The Bertz CT molecular complexity index is 1060. The molecule has 1 unspecified atom stereocenters. The van der Waals surface area contributed by atoms with Crippen molar-refractivity contribution in [3.63, 3.8) is 0 Å². The Hall–Kier alpha value is -3.13. The first-order valence-electron chi connectivity index (χ1n) is 12.8. The Balaban J connectivity index is 1.48. The van der Waals surface area contributed by atoms with Gasteiger partial charge in [0.2, 0.25) is 0 Å². The smallest absolute Gasteiger partial charge is 0.410 e. The number of hydrogen-bond donors (Lipinski definition) is 1. The molecule has 1 N–H and O–H groups in total. The standard InChI is InChI=1S/C28H38N4O4/c1-28(2,3)36-27(34)32-12-9-20(10-13-32)23-18-29-11-14-35-25-8-6-5-7-24(25)21-15-22(17-30-16-21)26(33)31(4)19-23/h5-8,15-17,20,23,29H,9-14,18-19H2,1-4H3. The molecule has 1 aromatic carbocycles. The topological polar surface area (TPSA) is 84.0 Å². The normalized spacial score (nSPS) is 20.2. The van der Waals surface area contributed by atoms with Crippen LogP contribution in [0.15, 0.2) is 42.7 Å².